The Balaban J connectivity index is 1.58. The van der Waals surface area contributed by atoms with Crippen molar-refractivity contribution in [3.63, 3.8) is 0 Å². The highest BCUT2D eigenvalue weighted by atomic mass is 16.5. The summed E-state index contributed by atoms with van der Waals surface area (Å²) in [6.07, 6.45) is 4.97. The number of rotatable bonds is 5. The summed E-state index contributed by atoms with van der Waals surface area (Å²) < 4.78 is 5.20. The Morgan fingerprint density at radius 3 is 2.70 bits per heavy atom. The van der Waals surface area contributed by atoms with Crippen LogP contribution in [-0.2, 0) is 22.7 Å². The van der Waals surface area contributed by atoms with Crippen molar-refractivity contribution < 1.29 is 9.53 Å². The first-order chi connectivity index (χ1) is 9.78. The van der Waals surface area contributed by atoms with E-state index in [2.05, 4.69) is 17.4 Å². The number of carbonyl (C=O) groups excluding carboxylic acids is 1. The van der Waals surface area contributed by atoms with Crippen molar-refractivity contribution in [3.8, 4) is 0 Å². The molecule has 1 aromatic rings. The fourth-order valence-electron chi connectivity index (χ4n) is 3.91. The van der Waals surface area contributed by atoms with Crippen molar-refractivity contribution in [3.05, 3.63) is 35.4 Å². The minimum Gasteiger partial charge on any atom is -0.380 e. The number of hydrogen-bond donors (Lipinski definition) is 1. The summed E-state index contributed by atoms with van der Waals surface area (Å²) in [7, 11) is 1.70. The maximum atomic E-state index is 12.3. The summed E-state index contributed by atoms with van der Waals surface area (Å²) in [6, 6.07) is 8.14. The molecule has 2 aliphatic rings. The lowest BCUT2D eigenvalue weighted by Crippen LogP contribution is -2.33. The van der Waals surface area contributed by atoms with E-state index in [4.69, 9.17) is 4.74 Å². The Morgan fingerprint density at radius 1 is 1.25 bits per heavy atom. The molecule has 3 atom stereocenters. The van der Waals surface area contributed by atoms with E-state index in [0.717, 1.165) is 23.5 Å². The molecule has 2 fully saturated rings. The molecule has 0 heterocycles. The van der Waals surface area contributed by atoms with Gasteiger partial charge < -0.3 is 10.1 Å². The van der Waals surface area contributed by atoms with Crippen LogP contribution in [0.1, 0.15) is 36.8 Å². The lowest BCUT2D eigenvalue weighted by molar-refractivity contribution is -0.126. The van der Waals surface area contributed by atoms with Crippen molar-refractivity contribution in [2.45, 2.75) is 38.8 Å². The molecule has 0 aromatic heterocycles. The molecule has 0 radical (unpaired) electrons. The van der Waals surface area contributed by atoms with Crippen LogP contribution in [0.2, 0.25) is 0 Å². The maximum absolute atomic E-state index is 12.3. The van der Waals surface area contributed by atoms with E-state index < -0.39 is 0 Å². The molecule has 3 heteroatoms. The molecule has 2 saturated carbocycles. The number of carbonyl (C=O) groups is 1. The zero-order chi connectivity index (χ0) is 13.9. The van der Waals surface area contributed by atoms with Gasteiger partial charge >= 0.3 is 0 Å². The van der Waals surface area contributed by atoms with E-state index >= 15 is 0 Å². The van der Waals surface area contributed by atoms with Gasteiger partial charge in [0.2, 0.25) is 5.91 Å². The minimum atomic E-state index is 0.254. The van der Waals surface area contributed by atoms with Crippen LogP contribution >= 0.6 is 0 Å². The molecule has 0 aliphatic heterocycles. The summed E-state index contributed by atoms with van der Waals surface area (Å²) in [4.78, 5) is 12.3. The van der Waals surface area contributed by atoms with Gasteiger partial charge in [0.15, 0.2) is 0 Å². The normalized spacial score (nSPS) is 27.8. The third-order valence-corrected chi connectivity index (χ3v) is 4.95. The van der Waals surface area contributed by atoms with Crippen molar-refractivity contribution in [2.24, 2.45) is 17.8 Å². The van der Waals surface area contributed by atoms with Gasteiger partial charge in [0.1, 0.15) is 0 Å². The highest BCUT2D eigenvalue weighted by molar-refractivity contribution is 5.79. The predicted molar refractivity (Wildman–Crippen MR) is 77.9 cm³/mol. The summed E-state index contributed by atoms with van der Waals surface area (Å²) in [6.45, 7) is 1.21. The van der Waals surface area contributed by atoms with Gasteiger partial charge in [-0.1, -0.05) is 30.7 Å². The average molecular weight is 273 g/mol. The van der Waals surface area contributed by atoms with Gasteiger partial charge in [-0.15, -0.1) is 0 Å². The molecule has 20 heavy (non-hydrogen) atoms. The van der Waals surface area contributed by atoms with Crippen LogP contribution in [0.3, 0.4) is 0 Å². The van der Waals surface area contributed by atoms with Gasteiger partial charge in [0.05, 0.1) is 6.61 Å². The van der Waals surface area contributed by atoms with E-state index in [9.17, 15) is 4.79 Å². The Hall–Kier alpha value is -1.35. The molecule has 1 aromatic carbocycles. The molecular weight excluding hydrogens is 250 g/mol. The van der Waals surface area contributed by atoms with Gasteiger partial charge in [-0.25, -0.2) is 0 Å². The van der Waals surface area contributed by atoms with Crippen LogP contribution in [0.25, 0.3) is 0 Å². The Bertz CT molecular complexity index is 486. The topological polar surface area (TPSA) is 38.3 Å². The van der Waals surface area contributed by atoms with E-state index in [-0.39, 0.29) is 11.8 Å². The molecule has 3 unspecified atom stereocenters. The number of methoxy groups -OCH3 is 1. The lowest BCUT2D eigenvalue weighted by Gasteiger charge is -2.21. The lowest BCUT2D eigenvalue weighted by atomic mass is 9.88. The van der Waals surface area contributed by atoms with Gasteiger partial charge in [-0.05, 0) is 42.2 Å². The number of fused-ring (bicyclic) bond motifs is 2. The summed E-state index contributed by atoms with van der Waals surface area (Å²) in [5.74, 6) is 1.98. The van der Waals surface area contributed by atoms with Crippen LogP contribution in [0.4, 0.5) is 0 Å². The smallest absolute Gasteiger partial charge is 0.223 e. The van der Waals surface area contributed by atoms with E-state index in [0.29, 0.717) is 19.1 Å². The maximum Gasteiger partial charge on any atom is 0.223 e. The fraction of sp³-hybridized carbons (Fsp3) is 0.588. The van der Waals surface area contributed by atoms with Crippen molar-refractivity contribution >= 4 is 5.91 Å². The van der Waals surface area contributed by atoms with Crippen LogP contribution in [0, 0.1) is 17.8 Å². The fourth-order valence-corrected chi connectivity index (χ4v) is 3.91. The van der Waals surface area contributed by atoms with E-state index in [1.54, 1.807) is 7.11 Å². The molecule has 1 N–H and O–H groups in total. The predicted octanol–water partition coefficient (Wildman–Crippen LogP) is 2.89. The molecule has 0 spiro atoms. The second kappa shape index (κ2) is 5.96. The molecular formula is C17H23NO2. The number of ether oxygens (including phenoxy) is 1. The Labute approximate surface area is 120 Å². The standard InChI is InChI=1S/C17H23NO2/c1-20-11-15-5-3-2-4-14(15)10-18-17(19)16-9-12-6-7-13(16)8-12/h2-5,12-13,16H,6-11H2,1H3,(H,18,19). The molecule has 0 saturated heterocycles. The summed E-state index contributed by atoms with van der Waals surface area (Å²) in [5, 5.41) is 3.13. The van der Waals surface area contributed by atoms with Gasteiger partial charge in [0.25, 0.3) is 0 Å². The Morgan fingerprint density at radius 2 is 2.05 bits per heavy atom. The van der Waals surface area contributed by atoms with Crippen molar-refractivity contribution in [1.29, 1.82) is 0 Å². The zero-order valence-electron chi connectivity index (χ0n) is 12.1. The van der Waals surface area contributed by atoms with Gasteiger partial charge in [0, 0.05) is 19.6 Å². The van der Waals surface area contributed by atoms with Crippen molar-refractivity contribution in [2.75, 3.05) is 7.11 Å². The number of benzene rings is 1. The summed E-state index contributed by atoms with van der Waals surface area (Å²) >= 11 is 0. The average Bonchev–Trinajstić information content (AvgIpc) is 3.09. The van der Waals surface area contributed by atoms with Crippen LogP contribution in [-0.4, -0.2) is 13.0 Å². The number of amides is 1. The van der Waals surface area contributed by atoms with Crippen LogP contribution in [0.5, 0.6) is 0 Å². The number of nitrogens with one attached hydrogen (secondary N) is 1. The Kier molecular flexibility index (Phi) is 4.06. The zero-order valence-corrected chi connectivity index (χ0v) is 12.1. The highest BCUT2D eigenvalue weighted by Crippen LogP contribution is 2.48. The van der Waals surface area contributed by atoms with E-state index in [1.165, 1.54) is 19.3 Å². The van der Waals surface area contributed by atoms with Gasteiger partial charge in [-0.2, -0.15) is 0 Å². The molecule has 1 amide bonds. The second-order valence-electron chi connectivity index (χ2n) is 6.20. The number of hydrogen-bond acceptors (Lipinski definition) is 2. The van der Waals surface area contributed by atoms with Gasteiger partial charge in [-0.3, -0.25) is 4.79 Å². The third kappa shape index (κ3) is 2.73. The molecule has 3 nitrogen and oxygen atoms in total. The van der Waals surface area contributed by atoms with Crippen LogP contribution < -0.4 is 5.32 Å². The summed E-state index contributed by atoms with van der Waals surface area (Å²) in [5.41, 5.74) is 2.31. The third-order valence-electron chi connectivity index (χ3n) is 4.95. The molecule has 3 rings (SSSR count). The molecule has 108 valence electrons. The second-order valence-corrected chi connectivity index (χ2v) is 6.20. The minimum absolute atomic E-state index is 0.254. The first-order valence-corrected chi connectivity index (χ1v) is 7.61. The first kappa shape index (κ1) is 13.6. The largest absolute Gasteiger partial charge is 0.380 e. The molecule has 2 aliphatic carbocycles. The van der Waals surface area contributed by atoms with Crippen molar-refractivity contribution in [1.82, 2.24) is 5.32 Å². The van der Waals surface area contributed by atoms with E-state index in [1.807, 2.05) is 12.1 Å². The first-order valence-electron chi connectivity index (χ1n) is 7.61. The quantitative estimate of drug-likeness (QED) is 0.896. The van der Waals surface area contributed by atoms with Crippen LogP contribution in [0.15, 0.2) is 24.3 Å². The monoisotopic (exact) mass is 273 g/mol. The molecule has 2 bridgehead atoms. The highest BCUT2D eigenvalue weighted by Gasteiger charge is 2.42. The SMILES string of the molecule is COCc1ccccc1CNC(=O)C1CC2CCC1C2.